The molecule has 0 aromatic carbocycles. The number of nitrogens with one attached hydrogen (secondary N) is 2. The lowest BCUT2D eigenvalue weighted by molar-refractivity contribution is 0.0400. The van der Waals surface area contributed by atoms with E-state index in [0.717, 1.165) is 49.2 Å². The summed E-state index contributed by atoms with van der Waals surface area (Å²) in [6, 6.07) is 0.599. The predicted octanol–water partition coefficient (Wildman–Crippen LogP) is 3.90. The zero-order valence-corrected chi connectivity index (χ0v) is 25.8. The van der Waals surface area contributed by atoms with Crippen LogP contribution < -0.4 is 10.6 Å². The third-order valence-electron chi connectivity index (χ3n) is 5.51. The lowest BCUT2D eigenvalue weighted by atomic mass is 10.0. The number of carbonyl (C=O) groups excluding carboxylic acids is 2. The SMILES string of the molecule is C#CCC1CN(CCSCCNC(=O)OC(C)(C)C)C(CC#C)CN1CCSCCNC(=O)OC(C)(C)C. The second-order valence-corrected chi connectivity index (χ2v) is 13.6. The van der Waals surface area contributed by atoms with E-state index >= 15 is 0 Å². The van der Waals surface area contributed by atoms with Crippen LogP contribution in [-0.4, -0.2) is 108 Å². The highest BCUT2D eigenvalue weighted by Gasteiger charge is 2.32. The van der Waals surface area contributed by atoms with Crippen molar-refractivity contribution in [1.29, 1.82) is 0 Å². The van der Waals surface area contributed by atoms with Gasteiger partial charge >= 0.3 is 12.2 Å². The zero-order valence-electron chi connectivity index (χ0n) is 24.1. The van der Waals surface area contributed by atoms with Gasteiger partial charge in [0, 0.05) is 87.2 Å². The fraction of sp³-hybridized carbons (Fsp3) is 0.786. The van der Waals surface area contributed by atoms with Gasteiger partial charge in [0.15, 0.2) is 0 Å². The number of amides is 2. The number of hydrogen-bond acceptors (Lipinski definition) is 8. The van der Waals surface area contributed by atoms with Crippen LogP contribution in [0.5, 0.6) is 0 Å². The molecule has 2 N–H and O–H groups in total. The van der Waals surface area contributed by atoms with E-state index in [0.29, 0.717) is 38.0 Å². The molecule has 0 saturated carbocycles. The van der Waals surface area contributed by atoms with Crippen LogP contribution in [0.2, 0.25) is 0 Å². The Bertz CT molecular complexity index is 733. The molecule has 1 saturated heterocycles. The standard InChI is InChI=1S/C28H48N4O4S2/c1-9-11-23-21-32(16-20-38-18-14-30-26(34)36-28(6,7)8)24(12-10-2)22-31(23)15-19-37-17-13-29-25(33)35-27(3,4)5/h1-2,23-24H,11-22H2,3-8H3,(H,29,33)(H,30,34). The van der Waals surface area contributed by atoms with Crippen molar-refractivity contribution < 1.29 is 19.1 Å². The Morgan fingerprint density at radius 3 is 1.45 bits per heavy atom. The van der Waals surface area contributed by atoms with Crippen molar-refractivity contribution in [3.8, 4) is 24.7 Å². The molecule has 0 aliphatic carbocycles. The Morgan fingerprint density at radius 2 is 1.13 bits per heavy atom. The van der Waals surface area contributed by atoms with Gasteiger partial charge in [-0.05, 0) is 41.5 Å². The zero-order chi connectivity index (χ0) is 28.6. The van der Waals surface area contributed by atoms with Crippen LogP contribution in [0.1, 0.15) is 54.4 Å². The Hall–Kier alpha value is -1.72. The van der Waals surface area contributed by atoms with Crippen LogP contribution in [0.15, 0.2) is 0 Å². The smallest absolute Gasteiger partial charge is 0.407 e. The normalized spacial score (nSPS) is 18.7. The maximum Gasteiger partial charge on any atom is 0.407 e. The van der Waals surface area contributed by atoms with Crippen LogP contribution in [-0.2, 0) is 9.47 Å². The number of thioether (sulfide) groups is 2. The second kappa shape index (κ2) is 17.8. The molecule has 0 aromatic heterocycles. The summed E-state index contributed by atoms with van der Waals surface area (Å²) in [5, 5.41) is 5.61. The minimum Gasteiger partial charge on any atom is -0.444 e. The number of carbonyl (C=O) groups is 2. The molecule has 8 nitrogen and oxygen atoms in total. The summed E-state index contributed by atoms with van der Waals surface area (Å²) >= 11 is 3.62. The molecule has 0 radical (unpaired) electrons. The lowest BCUT2D eigenvalue weighted by Crippen LogP contribution is -2.58. The number of terminal acetylenes is 2. The summed E-state index contributed by atoms with van der Waals surface area (Å²) in [4.78, 5) is 28.5. The van der Waals surface area contributed by atoms with Crippen molar-refractivity contribution >= 4 is 35.7 Å². The number of alkyl carbamates (subject to hydrolysis) is 2. The molecule has 1 heterocycles. The van der Waals surface area contributed by atoms with Crippen molar-refractivity contribution in [2.24, 2.45) is 0 Å². The Labute approximate surface area is 239 Å². The molecule has 2 unspecified atom stereocenters. The van der Waals surface area contributed by atoms with Gasteiger partial charge in [-0.15, -0.1) is 24.7 Å². The summed E-state index contributed by atoms with van der Waals surface area (Å²) in [5.74, 6) is 9.28. The van der Waals surface area contributed by atoms with Crippen molar-refractivity contribution in [3.63, 3.8) is 0 Å². The fourth-order valence-electron chi connectivity index (χ4n) is 3.92. The fourth-order valence-corrected chi connectivity index (χ4v) is 5.55. The van der Waals surface area contributed by atoms with Gasteiger partial charge in [0.05, 0.1) is 0 Å². The molecular formula is C28H48N4O4S2. The monoisotopic (exact) mass is 568 g/mol. The molecule has 0 spiro atoms. The van der Waals surface area contributed by atoms with Gasteiger partial charge in [0.25, 0.3) is 0 Å². The van der Waals surface area contributed by atoms with Crippen molar-refractivity contribution in [2.75, 3.05) is 62.3 Å². The maximum atomic E-state index is 11.8. The van der Waals surface area contributed by atoms with Crippen LogP contribution in [0.4, 0.5) is 9.59 Å². The Kier molecular flexibility index (Phi) is 16.1. The van der Waals surface area contributed by atoms with E-state index in [4.69, 9.17) is 22.3 Å². The van der Waals surface area contributed by atoms with E-state index in [1.165, 1.54) is 0 Å². The molecule has 1 aliphatic heterocycles. The molecule has 216 valence electrons. The molecule has 38 heavy (non-hydrogen) atoms. The molecule has 1 aliphatic rings. The molecule has 1 rings (SSSR count). The molecule has 1 fully saturated rings. The number of ether oxygens (including phenoxy) is 2. The van der Waals surface area contributed by atoms with Gasteiger partial charge in [-0.1, -0.05) is 0 Å². The predicted molar refractivity (Wildman–Crippen MR) is 161 cm³/mol. The summed E-state index contributed by atoms with van der Waals surface area (Å²) in [7, 11) is 0. The number of nitrogens with zero attached hydrogens (tertiary/aromatic N) is 2. The van der Waals surface area contributed by atoms with Crippen molar-refractivity contribution in [2.45, 2.75) is 77.7 Å². The Morgan fingerprint density at radius 1 is 0.763 bits per heavy atom. The maximum absolute atomic E-state index is 11.8. The summed E-state index contributed by atoms with van der Waals surface area (Å²) in [6.07, 6.45) is 12.1. The highest BCUT2D eigenvalue weighted by atomic mass is 32.2. The van der Waals surface area contributed by atoms with Gasteiger partial charge < -0.3 is 20.1 Å². The molecule has 10 heteroatoms. The highest BCUT2D eigenvalue weighted by Crippen LogP contribution is 2.21. The van der Waals surface area contributed by atoms with Crippen LogP contribution in [0.25, 0.3) is 0 Å². The van der Waals surface area contributed by atoms with Crippen LogP contribution in [0, 0.1) is 24.7 Å². The van der Waals surface area contributed by atoms with E-state index in [9.17, 15) is 9.59 Å². The van der Waals surface area contributed by atoms with Crippen LogP contribution >= 0.6 is 23.5 Å². The first-order valence-corrected chi connectivity index (χ1v) is 15.6. The van der Waals surface area contributed by atoms with Crippen molar-refractivity contribution in [3.05, 3.63) is 0 Å². The molecule has 2 amide bonds. The topological polar surface area (TPSA) is 83.1 Å². The van der Waals surface area contributed by atoms with E-state index in [-0.39, 0.29) is 12.2 Å². The minimum absolute atomic E-state index is 0.299. The average Bonchev–Trinajstić information content (AvgIpc) is 2.78. The largest absolute Gasteiger partial charge is 0.444 e. The van der Waals surface area contributed by atoms with Gasteiger partial charge in [-0.2, -0.15) is 23.5 Å². The first-order valence-electron chi connectivity index (χ1n) is 13.3. The summed E-state index contributed by atoms with van der Waals surface area (Å²) in [5.41, 5.74) is -0.976. The second-order valence-electron chi connectivity index (χ2n) is 11.2. The van der Waals surface area contributed by atoms with Gasteiger partial charge in [-0.3, -0.25) is 9.80 Å². The van der Waals surface area contributed by atoms with E-state index in [2.05, 4.69) is 32.3 Å². The number of hydrogen-bond donors (Lipinski definition) is 2. The van der Waals surface area contributed by atoms with E-state index in [1.807, 2.05) is 65.1 Å². The first kappa shape index (κ1) is 34.3. The first-order chi connectivity index (χ1) is 17.8. The highest BCUT2D eigenvalue weighted by molar-refractivity contribution is 7.99. The summed E-state index contributed by atoms with van der Waals surface area (Å²) < 4.78 is 10.5. The minimum atomic E-state index is -0.488. The van der Waals surface area contributed by atoms with Gasteiger partial charge in [-0.25, -0.2) is 9.59 Å². The quantitative estimate of drug-likeness (QED) is 0.241. The lowest BCUT2D eigenvalue weighted by Gasteiger charge is -2.45. The molecule has 0 aromatic rings. The third kappa shape index (κ3) is 16.3. The molecular weight excluding hydrogens is 520 g/mol. The third-order valence-corrected chi connectivity index (χ3v) is 7.43. The van der Waals surface area contributed by atoms with E-state index in [1.54, 1.807) is 0 Å². The van der Waals surface area contributed by atoms with Crippen molar-refractivity contribution in [1.82, 2.24) is 20.4 Å². The number of piperazine rings is 1. The Balaban J connectivity index is 2.41. The number of rotatable bonds is 14. The van der Waals surface area contributed by atoms with Gasteiger partial charge in [0.2, 0.25) is 0 Å². The molecule has 2 atom stereocenters. The van der Waals surface area contributed by atoms with Crippen LogP contribution in [0.3, 0.4) is 0 Å². The van der Waals surface area contributed by atoms with Gasteiger partial charge in [0.1, 0.15) is 11.2 Å². The average molecular weight is 569 g/mol. The summed E-state index contributed by atoms with van der Waals surface area (Å²) in [6.45, 7) is 15.9. The van der Waals surface area contributed by atoms with E-state index < -0.39 is 11.2 Å². The molecule has 0 bridgehead atoms.